The zero-order valence-corrected chi connectivity index (χ0v) is 25.2. The van der Waals surface area contributed by atoms with Crippen LogP contribution in [0.25, 0.3) is 11.0 Å². The Morgan fingerprint density at radius 3 is 2.48 bits per heavy atom. The fourth-order valence-corrected chi connectivity index (χ4v) is 6.37. The van der Waals surface area contributed by atoms with Crippen LogP contribution in [0, 0.1) is 0 Å². The summed E-state index contributed by atoms with van der Waals surface area (Å²) < 4.78 is 7.41. The van der Waals surface area contributed by atoms with Gasteiger partial charge in [0, 0.05) is 78.7 Å². The van der Waals surface area contributed by atoms with Gasteiger partial charge in [-0.2, -0.15) is 4.98 Å². The minimum Gasteiger partial charge on any atom is -0.444 e. The molecule has 1 aliphatic heterocycles. The number of benzene rings is 1. The standard InChI is InChI=1S/C31H37N7O3S/c1-31(2,3)41-30(40)37-15-13-36(14-16-37)24-10-8-23(9-11-24)34-29-33-20-22-18-21(19-26-32-12-17-42-26)28(39)38(27(22)35-29)25-6-4-5-7-25/h8-12,17-18,20,25H,4-7,13-16,19H2,1-3H3,(H,33,34,35). The summed E-state index contributed by atoms with van der Waals surface area (Å²) in [6.07, 6.45) is 8.04. The van der Waals surface area contributed by atoms with Crippen molar-refractivity contribution in [1.82, 2.24) is 24.4 Å². The Balaban J connectivity index is 1.18. The van der Waals surface area contributed by atoms with Crippen molar-refractivity contribution in [2.24, 2.45) is 0 Å². The van der Waals surface area contributed by atoms with Crippen LogP contribution in [0.4, 0.5) is 22.1 Å². The van der Waals surface area contributed by atoms with Crippen LogP contribution in [0.1, 0.15) is 63.1 Å². The molecule has 4 heterocycles. The number of carbonyl (C=O) groups excluding carboxylic acids is 1. The van der Waals surface area contributed by atoms with Crippen molar-refractivity contribution in [3.63, 3.8) is 0 Å². The van der Waals surface area contributed by atoms with Crippen molar-refractivity contribution >= 4 is 45.8 Å². The number of hydrogen-bond acceptors (Lipinski definition) is 9. The Kier molecular flexibility index (Phi) is 7.85. The van der Waals surface area contributed by atoms with Crippen molar-refractivity contribution in [1.29, 1.82) is 0 Å². The SMILES string of the molecule is CC(C)(C)OC(=O)N1CCN(c2ccc(Nc3ncc4cc(Cc5nccs5)c(=O)n(C5CCCC5)c4n3)cc2)CC1. The van der Waals surface area contributed by atoms with Crippen LogP contribution in [0.15, 0.2) is 52.9 Å². The van der Waals surface area contributed by atoms with Crippen molar-refractivity contribution in [3.8, 4) is 0 Å². The topological polar surface area (TPSA) is 105 Å². The van der Waals surface area contributed by atoms with Crippen molar-refractivity contribution < 1.29 is 9.53 Å². The van der Waals surface area contributed by atoms with Gasteiger partial charge in [0.2, 0.25) is 5.95 Å². The van der Waals surface area contributed by atoms with Gasteiger partial charge < -0.3 is 19.9 Å². The third-order valence-corrected chi connectivity index (χ3v) is 8.56. The highest BCUT2D eigenvalue weighted by Gasteiger charge is 2.26. The number of ether oxygens (including phenoxy) is 1. The van der Waals surface area contributed by atoms with Gasteiger partial charge in [-0.1, -0.05) is 12.8 Å². The molecule has 1 aliphatic carbocycles. The average molecular weight is 588 g/mol. The summed E-state index contributed by atoms with van der Waals surface area (Å²) in [6, 6.07) is 10.2. The van der Waals surface area contributed by atoms with Crippen LogP contribution < -0.4 is 15.8 Å². The highest BCUT2D eigenvalue weighted by molar-refractivity contribution is 7.09. The van der Waals surface area contributed by atoms with E-state index in [4.69, 9.17) is 9.72 Å². The van der Waals surface area contributed by atoms with Gasteiger partial charge in [0.15, 0.2) is 0 Å². The third-order valence-electron chi connectivity index (χ3n) is 7.78. The number of nitrogens with zero attached hydrogens (tertiary/aromatic N) is 6. The van der Waals surface area contributed by atoms with Gasteiger partial charge in [-0.25, -0.2) is 14.8 Å². The van der Waals surface area contributed by atoms with Crippen LogP contribution in [0.2, 0.25) is 0 Å². The average Bonchev–Trinajstić information content (AvgIpc) is 3.68. The normalized spacial score (nSPS) is 16.3. The van der Waals surface area contributed by atoms with Crippen LogP contribution in [0.3, 0.4) is 0 Å². The van der Waals surface area contributed by atoms with E-state index in [0.29, 0.717) is 31.1 Å². The molecule has 1 amide bonds. The molecule has 1 saturated heterocycles. The Labute approximate surface area is 249 Å². The maximum Gasteiger partial charge on any atom is 0.410 e. The van der Waals surface area contributed by atoms with Crippen LogP contribution >= 0.6 is 11.3 Å². The van der Waals surface area contributed by atoms with E-state index in [2.05, 4.69) is 32.3 Å². The lowest BCUT2D eigenvalue weighted by Gasteiger charge is -2.36. The molecule has 10 nitrogen and oxygen atoms in total. The molecule has 11 heteroatoms. The van der Waals surface area contributed by atoms with Crippen molar-refractivity contribution in [2.75, 3.05) is 36.4 Å². The number of amides is 1. The quantitative estimate of drug-likeness (QED) is 0.304. The van der Waals surface area contributed by atoms with Gasteiger partial charge >= 0.3 is 6.09 Å². The van der Waals surface area contributed by atoms with E-state index in [1.807, 2.05) is 48.9 Å². The van der Waals surface area contributed by atoms with Crippen molar-refractivity contribution in [2.45, 2.75) is 64.5 Å². The number of aromatic nitrogens is 4. The predicted octanol–water partition coefficient (Wildman–Crippen LogP) is 5.75. The minimum atomic E-state index is -0.495. The summed E-state index contributed by atoms with van der Waals surface area (Å²) in [5, 5.41) is 7.05. The Bertz CT molecular complexity index is 1600. The molecule has 0 unspecified atom stereocenters. The van der Waals surface area contributed by atoms with Crippen LogP contribution in [0.5, 0.6) is 0 Å². The molecule has 2 aliphatic rings. The highest BCUT2D eigenvalue weighted by Crippen LogP contribution is 2.31. The molecule has 0 bridgehead atoms. The number of fused-ring (bicyclic) bond motifs is 1. The number of hydrogen-bond donors (Lipinski definition) is 1. The molecule has 0 radical (unpaired) electrons. The fraction of sp³-hybridized carbons (Fsp3) is 0.452. The second kappa shape index (κ2) is 11.7. The number of pyridine rings is 1. The van der Waals surface area contributed by atoms with Gasteiger partial charge in [-0.05, 0) is 63.9 Å². The molecular weight excluding hydrogens is 550 g/mol. The predicted molar refractivity (Wildman–Crippen MR) is 166 cm³/mol. The first-order valence-electron chi connectivity index (χ1n) is 14.6. The summed E-state index contributed by atoms with van der Waals surface area (Å²) in [5.74, 6) is 0.458. The minimum absolute atomic E-state index is 0.0189. The molecule has 1 aromatic carbocycles. The number of piperazine rings is 1. The summed E-state index contributed by atoms with van der Waals surface area (Å²) in [6.45, 7) is 8.37. The molecule has 1 saturated carbocycles. The number of anilines is 3. The van der Waals surface area contributed by atoms with E-state index in [9.17, 15) is 9.59 Å². The largest absolute Gasteiger partial charge is 0.444 e. The molecule has 0 spiro atoms. The van der Waals surface area contributed by atoms with E-state index in [1.165, 1.54) is 0 Å². The van der Waals surface area contributed by atoms with E-state index in [1.54, 1.807) is 28.6 Å². The van der Waals surface area contributed by atoms with Gasteiger partial charge in [0.1, 0.15) is 11.2 Å². The first kappa shape index (κ1) is 28.1. The molecule has 3 aromatic heterocycles. The second-order valence-corrected chi connectivity index (χ2v) is 13.0. The van der Waals surface area contributed by atoms with Gasteiger partial charge in [0.25, 0.3) is 5.56 Å². The second-order valence-electron chi connectivity index (χ2n) is 12.0. The molecule has 220 valence electrons. The Morgan fingerprint density at radius 2 is 1.81 bits per heavy atom. The molecule has 6 rings (SSSR count). The molecule has 4 aromatic rings. The molecule has 1 N–H and O–H groups in total. The van der Waals surface area contributed by atoms with E-state index in [0.717, 1.165) is 66.1 Å². The zero-order valence-electron chi connectivity index (χ0n) is 24.4. The van der Waals surface area contributed by atoms with E-state index < -0.39 is 5.60 Å². The zero-order chi connectivity index (χ0) is 29.3. The Hall–Kier alpha value is -3.99. The summed E-state index contributed by atoms with van der Waals surface area (Å²) in [7, 11) is 0. The summed E-state index contributed by atoms with van der Waals surface area (Å²) >= 11 is 1.56. The van der Waals surface area contributed by atoms with Crippen molar-refractivity contribution in [3.05, 3.63) is 69.0 Å². The smallest absolute Gasteiger partial charge is 0.410 e. The molecule has 2 fully saturated rings. The van der Waals surface area contributed by atoms with E-state index >= 15 is 0 Å². The lowest BCUT2D eigenvalue weighted by Crippen LogP contribution is -2.50. The van der Waals surface area contributed by atoms with Crippen LogP contribution in [-0.4, -0.2) is 62.3 Å². The first-order valence-corrected chi connectivity index (χ1v) is 15.5. The molecule has 42 heavy (non-hydrogen) atoms. The Morgan fingerprint density at radius 1 is 1.07 bits per heavy atom. The van der Waals surface area contributed by atoms with Gasteiger partial charge in [-0.15, -0.1) is 11.3 Å². The third kappa shape index (κ3) is 6.25. The lowest BCUT2D eigenvalue weighted by atomic mass is 10.1. The van der Waals surface area contributed by atoms with E-state index in [-0.39, 0.29) is 17.7 Å². The van der Waals surface area contributed by atoms with Crippen LogP contribution in [-0.2, 0) is 11.2 Å². The molecule has 0 atom stereocenters. The highest BCUT2D eigenvalue weighted by atomic mass is 32.1. The fourth-order valence-electron chi connectivity index (χ4n) is 5.73. The lowest BCUT2D eigenvalue weighted by molar-refractivity contribution is 0.0240. The number of nitrogens with one attached hydrogen (secondary N) is 1. The number of thiazole rings is 1. The van der Waals surface area contributed by atoms with Gasteiger partial charge in [-0.3, -0.25) is 9.36 Å². The first-order chi connectivity index (χ1) is 20.2. The number of rotatable bonds is 6. The van der Waals surface area contributed by atoms with Gasteiger partial charge in [0.05, 0.1) is 5.01 Å². The number of carbonyl (C=O) groups is 1. The summed E-state index contributed by atoms with van der Waals surface area (Å²) in [5.41, 5.74) is 2.88. The summed E-state index contributed by atoms with van der Waals surface area (Å²) in [4.78, 5) is 43.9. The maximum atomic E-state index is 13.7. The monoisotopic (exact) mass is 587 g/mol. The maximum absolute atomic E-state index is 13.7. The molecular formula is C31H37N7O3S.